The molecule has 1 fully saturated rings. The summed E-state index contributed by atoms with van der Waals surface area (Å²) in [6, 6.07) is 18.6. The molecule has 0 aliphatic carbocycles. The molecule has 2 aromatic carbocycles. The summed E-state index contributed by atoms with van der Waals surface area (Å²) in [4.78, 5) is 23.0. The molecular weight excluding hydrogens is 398 g/mol. The third kappa shape index (κ3) is 5.47. The van der Waals surface area contributed by atoms with Crippen molar-refractivity contribution in [2.45, 2.75) is 17.1 Å². The number of rotatable bonds is 7. The zero-order chi connectivity index (χ0) is 19.9. The molecular formula is C23H25N3OS2. The first-order chi connectivity index (χ1) is 14.3. The van der Waals surface area contributed by atoms with Crippen LogP contribution in [-0.4, -0.2) is 53.4 Å². The smallest absolute Gasteiger partial charge is 0.255 e. The molecule has 1 saturated heterocycles. The minimum Gasteiger partial charge on any atom is -0.336 e. The molecule has 0 saturated carbocycles. The third-order valence-electron chi connectivity index (χ3n) is 5.20. The van der Waals surface area contributed by atoms with E-state index in [1.54, 1.807) is 23.1 Å². The van der Waals surface area contributed by atoms with Crippen LogP contribution in [0.5, 0.6) is 0 Å². The van der Waals surface area contributed by atoms with E-state index in [0.29, 0.717) is 0 Å². The van der Waals surface area contributed by atoms with Crippen LogP contribution in [0.2, 0.25) is 0 Å². The normalized spacial score (nSPS) is 14.8. The molecule has 0 unspecified atom stereocenters. The summed E-state index contributed by atoms with van der Waals surface area (Å²) < 4.78 is 0. The molecule has 0 bridgehead atoms. The van der Waals surface area contributed by atoms with Gasteiger partial charge in [0.2, 0.25) is 0 Å². The lowest BCUT2D eigenvalue weighted by molar-refractivity contribution is 0.0635. The minimum absolute atomic E-state index is 0.147. The number of carbonyl (C=O) groups excluding carboxylic acids is 1. The lowest BCUT2D eigenvalue weighted by Gasteiger charge is -2.35. The highest BCUT2D eigenvalue weighted by Crippen LogP contribution is 2.27. The molecule has 2 heterocycles. The third-order valence-corrected chi connectivity index (χ3v) is 6.94. The fraction of sp³-hybridized carbons (Fsp3) is 0.304. The van der Waals surface area contributed by atoms with E-state index >= 15 is 0 Å². The Labute approximate surface area is 180 Å². The van der Waals surface area contributed by atoms with Gasteiger partial charge in [0.15, 0.2) is 0 Å². The van der Waals surface area contributed by atoms with Crippen LogP contribution in [-0.2, 0) is 12.2 Å². The maximum absolute atomic E-state index is 13.1. The number of benzene rings is 2. The van der Waals surface area contributed by atoms with E-state index in [0.717, 1.165) is 61.1 Å². The summed E-state index contributed by atoms with van der Waals surface area (Å²) in [5.41, 5.74) is 5.10. The second-order valence-corrected chi connectivity index (χ2v) is 8.87. The van der Waals surface area contributed by atoms with E-state index < -0.39 is 0 Å². The number of hydrogen-bond acceptors (Lipinski definition) is 5. The van der Waals surface area contributed by atoms with Crippen LogP contribution in [0.4, 0.5) is 0 Å². The number of nitrogens with zero attached hydrogens (tertiary/aromatic N) is 3. The average Bonchev–Trinajstić information content (AvgIpc) is 3.31. The van der Waals surface area contributed by atoms with Crippen molar-refractivity contribution in [1.29, 1.82) is 0 Å². The van der Waals surface area contributed by atoms with Gasteiger partial charge in [0.25, 0.3) is 5.91 Å². The van der Waals surface area contributed by atoms with Crippen LogP contribution in [0.15, 0.2) is 70.4 Å². The molecule has 3 aromatic rings. The molecule has 4 nitrogen and oxygen atoms in total. The van der Waals surface area contributed by atoms with E-state index in [1.807, 2.05) is 34.7 Å². The van der Waals surface area contributed by atoms with Gasteiger partial charge in [0.1, 0.15) is 0 Å². The molecule has 0 radical (unpaired) electrons. The molecule has 1 aromatic heterocycles. The van der Waals surface area contributed by atoms with Crippen LogP contribution >= 0.6 is 23.1 Å². The summed E-state index contributed by atoms with van der Waals surface area (Å²) in [6.07, 6.45) is 1.06. The second-order valence-electron chi connectivity index (χ2n) is 7.13. The Morgan fingerprint density at radius 3 is 2.52 bits per heavy atom. The van der Waals surface area contributed by atoms with Gasteiger partial charge < -0.3 is 4.90 Å². The molecule has 0 N–H and O–H groups in total. The Kier molecular flexibility index (Phi) is 6.98. The summed E-state index contributed by atoms with van der Waals surface area (Å²) in [5, 5.41) is 2.06. The van der Waals surface area contributed by atoms with Gasteiger partial charge in [0, 0.05) is 48.8 Å². The molecule has 4 rings (SSSR count). The second kappa shape index (κ2) is 10.1. The predicted molar refractivity (Wildman–Crippen MR) is 121 cm³/mol. The predicted octanol–water partition coefficient (Wildman–Crippen LogP) is 4.44. The van der Waals surface area contributed by atoms with Crippen LogP contribution in [0.25, 0.3) is 0 Å². The Morgan fingerprint density at radius 2 is 1.76 bits per heavy atom. The zero-order valence-electron chi connectivity index (χ0n) is 16.4. The van der Waals surface area contributed by atoms with Crippen molar-refractivity contribution in [3.8, 4) is 0 Å². The van der Waals surface area contributed by atoms with E-state index in [1.165, 1.54) is 5.56 Å². The lowest BCUT2D eigenvalue weighted by atomic mass is 10.1. The van der Waals surface area contributed by atoms with Crippen molar-refractivity contribution in [1.82, 2.24) is 14.8 Å². The summed E-state index contributed by atoms with van der Waals surface area (Å²) in [7, 11) is 0. The van der Waals surface area contributed by atoms with Gasteiger partial charge in [-0.25, -0.2) is 4.98 Å². The van der Waals surface area contributed by atoms with Crippen molar-refractivity contribution in [2.75, 3.05) is 32.7 Å². The van der Waals surface area contributed by atoms with Crippen molar-refractivity contribution in [3.05, 3.63) is 82.3 Å². The topological polar surface area (TPSA) is 36.4 Å². The highest BCUT2D eigenvalue weighted by Gasteiger charge is 2.23. The van der Waals surface area contributed by atoms with Gasteiger partial charge >= 0.3 is 0 Å². The number of thioether (sulfide) groups is 1. The molecule has 1 aliphatic heterocycles. The lowest BCUT2D eigenvalue weighted by Crippen LogP contribution is -2.49. The maximum atomic E-state index is 13.1. The molecule has 150 valence electrons. The first-order valence-corrected chi connectivity index (χ1v) is 11.9. The molecule has 6 heteroatoms. The summed E-state index contributed by atoms with van der Waals surface area (Å²) in [5.74, 6) is 0.940. The SMILES string of the molecule is O=C(c1ccccc1SCc1cscn1)N1CCN(CCc2ccccc2)CC1. The van der Waals surface area contributed by atoms with Gasteiger partial charge in [0.05, 0.1) is 16.8 Å². The van der Waals surface area contributed by atoms with Gasteiger partial charge in [-0.05, 0) is 24.1 Å². The number of amides is 1. The summed E-state index contributed by atoms with van der Waals surface area (Å²) >= 11 is 3.30. The number of hydrogen-bond donors (Lipinski definition) is 0. The van der Waals surface area contributed by atoms with Crippen LogP contribution in [0.3, 0.4) is 0 Å². The maximum Gasteiger partial charge on any atom is 0.255 e. The van der Waals surface area contributed by atoms with Gasteiger partial charge in [-0.15, -0.1) is 23.1 Å². The Hall–Kier alpha value is -2.15. The highest BCUT2D eigenvalue weighted by atomic mass is 32.2. The van der Waals surface area contributed by atoms with Crippen molar-refractivity contribution in [3.63, 3.8) is 0 Å². The zero-order valence-corrected chi connectivity index (χ0v) is 18.0. The molecule has 0 spiro atoms. The van der Waals surface area contributed by atoms with E-state index in [-0.39, 0.29) is 5.91 Å². The monoisotopic (exact) mass is 423 g/mol. The minimum atomic E-state index is 0.147. The molecule has 29 heavy (non-hydrogen) atoms. The fourth-order valence-corrected chi connectivity index (χ4v) is 5.12. The first-order valence-electron chi connectivity index (χ1n) is 9.94. The van der Waals surface area contributed by atoms with Crippen molar-refractivity contribution < 1.29 is 4.79 Å². The summed E-state index contributed by atoms with van der Waals surface area (Å²) in [6.45, 7) is 4.50. The Bertz CT molecular complexity index is 907. The Balaban J connectivity index is 1.31. The van der Waals surface area contributed by atoms with Gasteiger partial charge in [-0.3, -0.25) is 9.69 Å². The van der Waals surface area contributed by atoms with E-state index in [4.69, 9.17) is 0 Å². The number of aromatic nitrogens is 1. The van der Waals surface area contributed by atoms with E-state index in [2.05, 4.69) is 45.6 Å². The number of thiazole rings is 1. The van der Waals surface area contributed by atoms with Crippen LogP contribution < -0.4 is 0 Å². The highest BCUT2D eigenvalue weighted by molar-refractivity contribution is 7.98. The molecule has 1 aliphatic rings. The van der Waals surface area contributed by atoms with Crippen molar-refractivity contribution in [2.24, 2.45) is 0 Å². The number of piperazine rings is 1. The fourth-order valence-electron chi connectivity index (χ4n) is 3.51. The number of carbonyl (C=O) groups is 1. The average molecular weight is 424 g/mol. The van der Waals surface area contributed by atoms with Crippen LogP contribution in [0.1, 0.15) is 21.6 Å². The van der Waals surface area contributed by atoms with Crippen molar-refractivity contribution >= 4 is 29.0 Å². The largest absolute Gasteiger partial charge is 0.336 e. The van der Waals surface area contributed by atoms with E-state index in [9.17, 15) is 4.79 Å². The van der Waals surface area contributed by atoms with Crippen LogP contribution in [0, 0.1) is 0 Å². The molecule has 1 amide bonds. The van der Waals surface area contributed by atoms with Gasteiger partial charge in [-0.2, -0.15) is 0 Å². The molecule has 0 atom stereocenters. The quantitative estimate of drug-likeness (QED) is 0.527. The first kappa shape index (κ1) is 20.1. The standard InChI is InChI=1S/C23H25N3OS2/c27-23(21-8-4-5-9-22(21)29-17-20-16-28-18-24-20)26-14-12-25(13-15-26)11-10-19-6-2-1-3-7-19/h1-9,16,18H,10-15,17H2. The van der Waals surface area contributed by atoms with Gasteiger partial charge in [-0.1, -0.05) is 42.5 Å². The Morgan fingerprint density at radius 1 is 1.00 bits per heavy atom.